The molecule has 1 fully saturated rings. The van der Waals surface area contributed by atoms with E-state index in [1.54, 1.807) is 41.7 Å². The molecule has 1 aromatic heterocycles. The van der Waals surface area contributed by atoms with E-state index in [1.807, 2.05) is 0 Å². The van der Waals surface area contributed by atoms with Crippen LogP contribution in [0.4, 0.5) is 0 Å². The maximum absolute atomic E-state index is 12.0. The first kappa shape index (κ1) is 12.0. The van der Waals surface area contributed by atoms with Crippen LogP contribution in [0, 0.1) is 0 Å². The van der Waals surface area contributed by atoms with Crippen molar-refractivity contribution in [3.8, 4) is 0 Å². The SMILES string of the molecule is Cn1cccc1C(=O)N[C@]1(C(=O)O)CCSC1. The quantitative estimate of drug-likeness (QED) is 0.833. The lowest BCUT2D eigenvalue weighted by atomic mass is 9.99. The Balaban J connectivity index is 2.17. The van der Waals surface area contributed by atoms with Crippen LogP contribution in [0.15, 0.2) is 18.3 Å². The Hall–Kier alpha value is -1.43. The molecule has 2 heterocycles. The van der Waals surface area contributed by atoms with E-state index in [9.17, 15) is 14.7 Å². The molecule has 1 aromatic rings. The van der Waals surface area contributed by atoms with Crippen LogP contribution in [-0.2, 0) is 11.8 Å². The fraction of sp³-hybridized carbons (Fsp3) is 0.455. The van der Waals surface area contributed by atoms with E-state index in [0.717, 1.165) is 5.75 Å². The maximum Gasteiger partial charge on any atom is 0.330 e. The van der Waals surface area contributed by atoms with Crippen molar-refractivity contribution in [1.29, 1.82) is 0 Å². The number of aliphatic carboxylic acids is 1. The topological polar surface area (TPSA) is 71.3 Å². The van der Waals surface area contributed by atoms with E-state index >= 15 is 0 Å². The summed E-state index contributed by atoms with van der Waals surface area (Å²) in [4.78, 5) is 23.3. The van der Waals surface area contributed by atoms with Gasteiger partial charge in [-0.2, -0.15) is 11.8 Å². The minimum Gasteiger partial charge on any atom is -0.479 e. The molecule has 0 spiro atoms. The number of thioether (sulfide) groups is 1. The summed E-state index contributed by atoms with van der Waals surface area (Å²) in [6, 6.07) is 3.43. The average Bonchev–Trinajstić information content (AvgIpc) is 2.87. The molecular formula is C11H14N2O3S. The van der Waals surface area contributed by atoms with Crippen LogP contribution in [0.2, 0.25) is 0 Å². The molecule has 17 heavy (non-hydrogen) atoms. The van der Waals surface area contributed by atoms with Gasteiger partial charge in [0.05, 0.1) is 0 Å². The molecule has 2 N–H and O–H groups in total. The van der Waals surface area contributed by atoms with Crippen molar-refractivity contribution in [2.24, 2.45) is 7.05 Å². The summed E-state index contributed by atoms with van der Waals surface area (Å²) in [5, 5.41) is 11.9. The van der Waals surface area contributed by atoms with Gasteiger partial charge in [0.25, 0.3) is 5.91 Å². The molecular weight excluding hydrogens is 240 g/mol. The van der Waals surface area contributed by atoms with Crippen LogP contribution in [-0.4, -0.2) is 38.6 Å². The van der Waals surface area contributed by atoms with Gasteiger partial charge in [0.2, 0.25) is 0 Å². The predicted octanol–water partition coefficient (Wildman–Crippen LogP) is 0.715. The monoisotopic (exact) mass is 254 g/mol. The van der Waals surface area contributed by atoms with E-state index < -0.39 is 11.5 Å². The number of carbonyl (C=O) groups is 2. The number of nitrogens with one attached hydrogen (secondary N) is 1. The molecule has 0 saturated carbocycles. The van der Waals surface area contributed by atoms with Crippen molar-refractivity contribution in [2.45, 2.75) is 12.0 Å². The largest absolute Gasteiger partial charge is 0.479 e. The van der Waals surface area contributed by atoms with E-state index in [-0.39, 0.29) is 5.91 Å². The fourth-order valence-corrected chi connectivity index (χ4v) is 3.19. The van der Waals surface area contributed by atoms with Crippen LogP contribution in [0.1, 0.15) is 16.9 Å². The smallest absolute Gasteiger partial charge is 0.330 e. The third-order valence-corrected chi connectivity index (χ3v) is 4.15. The van der Waals surface area contributed by atoms with Gasteiger partial charge in [0, 0.05) is 19.0 Å². The van der Waals surface area contributed by atoms with Crippen molar-refractivity contribution in [3.63, 3.8) is 0 Å². The minimum atomic E-state index is -1.11. The highest BCUT2D eigenvalue weighted by Gasteiger charge is 2.43. The second-order valence-corrected chi connectivity index (χ2v) is 5.25. The lowest BCUT2D eigenvalue weighted by molar-refractivity contribution is -0.143. The molecule has 0 aliphatic carbocycles. The van der Waals surface area contributed by atoms with Crippen molar-refractivity contribution in [3.05, 3.63) is 24.0 Å². The molecule has 0 bridgehead atoms. The van der Waals surface area contributed by atoms with Gasteiger partial charge in [-0.3, -0.25) is 4.79 Å². The summed E-state index contributed by atoms with van der Waals surface area (Å²) in [5.74, 6) is -0.0921. The summed E-state index contributed by atoms with van der Waals surface area (Å²) < 4.78 is 1.67. The number of carboxylic acid groups (broad SMARTS) is 1. The Morgan fingerprint density at radius 1 is 1.59 bits per heavy atom. The first-order valence-corrected chi connectivity index (χ1v) is 6.46. The number of hydrogen-bond donors (Lipinski definition) is 2. The van der Waals surface area contributed by atoms with Crippen LogP contribution in [0.3, 0.4) is 0 Å². The molecule has 0 radical (unpaired) electrons. The number of amides is 1. The number of carboxylic acids is 1. The second kappa shape index (κ2) is 4.44. The van der Waals surface area contributed by atoms with Gasteiger partial charge >= 0.3 is 5.97 Å². The molecule has 1 aliphatic rings. The molecule has 6 heteroatoms. The van der Waals surface area contributed by atoms with E-state index in [0.29, 0.717) is 17.9 Å². The van der Waals surface area contributed by atoms with Gasteiger partial charge in [-0.25, -0.2) is 4.79 Å². The first-order chi connectivity index (χ1) is 8.05. The number of rotatable bonds is 3. The highest BCUT2D eigenvalue weighted by molar-refractivity contribution is 7.99. The third kappa shape index (κ3) is 2.17. The minimum absolute atomic E-state index is 0.331. The molecule has 0 aromatic carbocycles. The Morgan fingerprint density at radius 2 is 2.35 bits per heavy atom. The lowest BCUT2D eigenvalue weighted by Gasteiger charge is -2.24. The normalized spacial score (nSPS) is 23.6. The summed E-state index contributed by atoms with van der Waals surface area (Å²) in [6.07, 6.45) is 2.23. The Kier molecular flexibility index (Phi) is 3.15. The average molecular weight is 254 g/mol. The van der Waals surface area contributed by atoms with Gasteiger partial charge in [-0.1, -0.05) is 0 Å². The number of aromatic nitrogens is 1. The summed E-state index contributed by atoms with van der Waals surface area (Å²) >= 11 is 1.55. The van der Waals surface area contributed by atoms with Crippen molar-refractivity contribution >= 4 is 23.6 Å². The Labute approximate surface area is 103 Å². The molecule has 5 nitrogen and oxygen atoms in total. The van der Waals surface area contributed by atoms with Crippen molar-refractivity contribution in [1.82, 2.24) is 9.88 Å². The molecule has 1 amide bonds. The fourth-order valence-electron chi connectivity index (χ4n) is 1.86. The van der Waals surface area contributed by atoms with Crippen molar-refractivity contribution in [2.75, 3.05) is 11.5 Å². The van der Waals surface area contributed by atoms with Crippen molar-refractivity contribution < 1.29 is 14.7 Å². The van der Waals surface area contributed by atoms with Gasteiger partial charge in [-0.05, 0) is 24.3 Å². The van der Waals surface area contributed by atoms with Gasteiger partial charge in [0.1, 0.15) is 11.2 Å². The molecule has 1 aliphatic heterocycles. The van der Waals surface area contributed by atoms with Crippen LogP contribution < -0.4 is 5.32 Å². The predicted molar refractivity (Wildman–Crippen MR) is 65.2 cm³/mol. The van der Waals surface area contributed by atoms with Crippen LogP contribution in [0.5, 0.6) is 0 Å². The standard InChI is InChI=1S/C11H14N2O3S/c1-13-5-2-3-8(13)9(14)12-11(10(15)16)4-6-17-7-11/h2-3,5H,4,6-7H2,1H3,(H,12,14)(H,15,16)/t11-/m1/s1. The molecule has 2 rings (SSSR count). The zero-order chi connectivity index (χ0) is 12.5. The van der Waals surface area contributed by atoms with E-state index in [4.69, 9.17) is 0 Å². The number of nitrogens with zero attached hydrogens (tertiary/aromatic N) is 1. The highest BCUT2D eigenvalue weighted by atomic mass is 32.2. The van der Waals surface area contributed by atoms with Gasteiger partial charge < -0.3 is 15.0 Å². The highest BCUT2D eigenvalue weighted by Crippen LogP contribution is 2.28. The second-order valence-electron chi connectivity index (χ2n) is 4.15. The summed E-state index contributed by atoms with van der Waals surface area (Å²) in [7, 11) is 1.76. The molecule has 1 saturated heterocycles. The zero-order valence-corrected chi connectivity index (χ0v) is 10.3. The zero-order valence-electron chi connectivity index (χ0n) is 9.47. The number of hydrogen-bond acceptors (Lipinski definition) is 3. The van der Waals surface area contributed by atoms with E-state index in [2.05, 4.69) is 5.32 Å². The van der Waals surface area contributed by atoms with Crippen LogP contribution >= 0.6 is 11.8 Å². The molecule has 0 unspecified atom stereocenters. The summed E-state index contributed by atoms with van der Waals surface area (Å²) in [6.45, 7) is 0. The van der Waals surface area contributed by atoms with Gasteiger partial charge in [0.15, 0.2) is 0 Å². The maximum atomic E-state index is 12.0. The van der Waals surface area contributed by atoms with Crippen LogP contribution in [0.25, 0.3) is 0 Å². The molecule has 1 atom stereocenters. The number of aryl methyl sites for hydroxylation is 1. The lowest BCUT2D eigenvalue weighted by Crippen LogP contribution is -2.55. The third-order valence-electron chi connectivity index (χ3n) is 2.96. The van der Waals surface area contributed by atoms with Gasteiger partial charge in [-0.15, -0.1) is 0 Å². The molecule has 92 valence electrons. The number of carbonyl (C=O) groups excluding carboxylic acids is 1. The Morgan fingerprint density at radius 3 is 2.82 bits per heavy atom. The first-order valence-electron chi connectivity index (χ1n) is 5.30. The van der Waals surface area contributed by atoms with E-state index in [1.165, 1.54) is 0 Å². The summed E-state index contributed by atoms with van der Waals surface area (Å²) in [5.41, 5.74) is -0.631. The Bertz CT molecular complexity index is 449.